The van der Waals surface area contributed by atoms with Gasteiger partial charge in [0.15, 0.2) is 0 Å². The van der Waals surface area contributed by atoms with Gasteiger partial charge in [0.2, 0.25) is 0 Å². The van der Waals surface area contributed by atoms with Gasteiger partial charge in [-0.15, -0.1) is 0 Å². The van der Waals surface area contributed by atoms with E-state index in [0.717, 1.165) is 6.42 Å². The molecular formula is C15H20FNOS. The quantitative estimate of drug-likeness (QED) is 0.857. The van der Waals surface area contributed by atoms with Crippen LogP contribution in [0.5, 0.6) is 0 Å². The molecule has 0 bridgehead atoms. The standard InChI is InChI=1S/C15H20FNOS/c1-10-4-2-3-5-14(10)18-9-12-7-6-11(15(17)19)8-13(12)16/h6-8,10,14H,2-5,9H2,1H3,(H2,17,19). The fourth-order valence-corrected chi connectivity index (χ4v) is 2.67. The van der Waals surface area contributed by atoms with E-state index in [2.05, 4.69) is 6.92 Å². The number of nitrogens with two attached hydrogens (primary N) is 1. The fourth-order valence-electron chi connectivity index (χ4n) is 2.54. The van der Waals surface area contributed by atoms with E-state index < -0.39 is 0 Å². The highest BCUT2D eigenvalue weighted by atomic mass is 32.1. The number of rotatable bonds is 4. The zero-order valence-electron chi connectivity index (χ0n) is 11.2. The zero-order chi connectivity index (χ0) is 13.8. The van der Waals surface area contributed by atoms with Crippen LogP contribution < -0.4 is 5.73 Å². The van der Waals surface area contributed by atoms with Crippen molar-refractivity contribution in [2.75, 3.05) is 0 Å². The second-order valence-corrected chi connectivity index (χ2v) is 5.72. The third kappa shape index (κ3) is 3.74. The first-order valence-electron chi connectivity index (χ1n) is 6.77. The van der Waals surface area contributed by atoms with Crippen molar-refractivity contribution in [1.82, 2.24) is 0 Å². The van der Waals surface area contributed by atoms with Gasteiger partial charge in [-0.2, -0.15) is 0 Å². The zero-order valence-corrected chi connectivity index (χ0v) is 12.0. The lowest BCUT2D eigenvalue weighted by Gasteiger charge is -2.28. The molecule has 2 nitrogen and oxygen atoms in total. The summed E-state index contributed by atoms with van der Waals surface area (Å²) in [7, 11) is 0. The Labute approximate surface area is 119 Å². The summed E-state index contributed by atoms with van der Waals surface area (Å²) in [4.78, 5) is 0.215. The molecule has 1 saturated carbocycles. The van der Waals surface area contributed by atoms with E-state index in [0.29, 0.717) is 23.7 Å². The van der Waals surface area contributed by atoms with E-state index >= 15 is 0 Å². The smallest absolute Gasteiger partial charge is 0.129 e. The molecule has 2 atom stereocenters. The van der Waals surface area contributed by atoms with Crippen LogP contribution in [0.25, 0.3) is 0 Å². The Morgan fingerprint density at radius 1 is 1.42 bits per heavy atom. The van der Waals surface area contributed by atoms with E-state index in [1.165, 1.54) is 25.3 Å². The lowest BCUT2D eigenvalue weighted by Crippen LogP contribution is -2.25. The van der Waals surface area contributed by atoms with E-state index in [4.69, 9.17) is 22.7 Å². The highest BCUT2D eigenvalue weighted by Gasteiger charge is 2.22. The highest BCUT2D eigenvalue weighted by molar-refractivity contribution is 7.80. The highest BCUT2D eigenvalue weighted by Crippen LogP contribution is 2.27. The van der Waals surface area contributed by atoms with Gasteiger partial charge < -0.3 is 10.5 Å². The first-order chi connectivity index (χ1) is 9.08. The molecule has 0 spiro atoms. The number of hydrogen-bond donors (Lipinski definition) is 1. The summed E-state index contributed by atoms with van der Waals surface area (Å²) in [6.07, 6.45) is 5.01. The minimum Gasteiger partial charge on any atom is -0.389 e. The molecular weight excluding hydrogens is 261 g/mol. The molecule has 2 unspecified atom stereocenters. The summed E-state index contributed by atoms with van der Waals surface area (Å²) in [6.45, 7) is 2.52. The van der Waals surface area contributed by atoms with Gasteiger partial charge in [-0.25, -0.2) is 4.39 Å². The van der Waals surface area contributed by atoms with Crippen LogP contribution in [0.1, 0.15) is 43.7 Å². The molecule has 0 aliphatic heterocycles. The molecule has 0 aromatic heterocycles. The van der Waals surface area contributed by atoms with Crippen molar-refractivity contribution in [2.24, 2.45) is 11.7 Å². The molecule has 4 heteroatoms. The molecule has 0 saturated heterocycles. The van der Waals surface area contributed by atoms with E-state index in [9.17, 15) is 4.39 Å². The minimum atomic E-state index is -0.297. The van der Waals surface area contributed by atoms with Crippen molar-refractivity contribution >= 4 is 17.2 Å². The van der Waals surface area contributed by atoms with Crippen molar-refractivity contribution in [3.8, 4) is 0 Å². The van der Waals surface area contributed by atoms with Gasteiger partial charge in [0.25, 0.3) is 0 Å². The van der Waals surface area contributed by atoms with Crippen LogP contribution >= 0.6 is 12.2 Å². The predicted molar refractivity (Wildman–Crippen MR) is 78.5 cm³/mol. The molecule has 1 aliphatic rings. The summed E-state index contributed by atoms with van der Waals surface area (Å²) in [6, 6.07) is 4.83. The third-order valence-electron chi connectivity index (χ3n) is 3.82. The first-order valence-corrected chi connectivity index (χ1v) is 7.18. The Kier molecular flexibility index (Phi) is 4.88. The topological polar surface area (TPSA) is 35.2 Å². The SMILES string of the molecule is CC1CCCCC1OCc1ccc(C(N)=S)cc1F. The minimum absolute atomic E-state index is 0.215. The average Bonchev–Trinajstić information content (AvgIpc) is 2.39. The normalized spacial score (nSPS) is 23.3. The van der Waals surface area contributed by atoms with Gasteiger partial charge in [0.1, 0.15) is 10.8 Å². The molecule has 2 rings (SSSR count). The number of thiocarbonyl (C=S) groups is 1. The molecule has 1 aliphatic carbocycles. The second kappa shape index (κ2) is 6.44. The Balaban J connectivity index is 1.97. The Morgan fingerprint density at radius 2 is 2.16 bits per heavy atom. The number of benzene rings is 1. The van der Waals surface area contributed by atoms with E-state index in [-0.39, 0.29) is 16.9 Å². The van der Waals surface area contributed by atoms with E-state index in [1.54, 1.807) is 12.1 Å². The maximum absolute atomic E-state index is 13.9. The van der Waals surface area contributed by atoms with Crippen LogP contribution in [0.15, 0.2) is 18.2 Å². The van der Waals surface area contributed by atoms with Crippen molar-refractivity contribution in [3.05, 3.63) is 35.1 Å². The number of ether oxygens (including phenoxy) is 1. The Bertz CT molecular complexity index is 463. The van der Waals surface area contributed by atoms with Crippen molar-refractivity contribution in [3.63, 3.8) is 0 Å². The van der Waals surface area contributed by atoms with Gasteiger partial charge >= 0.3 is 0 Å². The van der Waals surface area contributed by atoms with Crippen LogP contribution in [0, 0.1) is 11.7 Å². The van der Waals surface area contributed by atoms with Gasteiger partial charge in [-0.3, -0.25) is 0 Å². The first kappa shape index (κ1) is 14.4. The van der Waals surface area contributed by atoms with Gasteiger partial charge in [-0.1, -0.05) is 44.1 Å². The largest absolute Gasteiger partial charge is 0.389 e. The monoisotopic (exact) mass is 281 g/mol. The van der Waals surface area contributed by atoms with Crippen molar-refractivity contribution < 1.29 is 9.13 Å². The average molecular weight is 281 g/mol. The molecule has 104 valence electrons. The maximum Gasteiger partial charge on any atom is 0.129 e. The summed E-state index contributed by atoms with van der Waals surface area (Å²) < 4.78 is 19.7. The molecule has 2 N–H and O–H groups in total. The summed E-state index contributed by atoms with van der Waals surface area (Å²) >= 11 is 4.83. The molecule has 0 heterocycles. The summed E-state index contributed by atoms with van der Waals surface area (Å²) in [5.74, 6) is 0.265. The molecule has 0 amide bonds. The second-order valence-electron chi connectivity index (χ2n) is 5.28. The van der Waals surface area contributed by atoms with Crippen LogP contribution in [0.2, 0.25) is 0 Å². The molecule has 1 fully saturated rings. The fraction of sp³-hybridized carbons (Fsp3) is 0.533. The van der Waals surface area contributed by atoms with Gasteiger partial charge in [0.05, 0.1) is 12.7 Å². The number of halogens is 1. The summed E-state index contributed by atoms with van der Waals surface area (Å²) in [5.41, 5.74) is 6.60. The van der Waals surface area contributed by atoms with E-state index in [1.807, 2.05) is 0 Å². The maximum atomic E-state index is 13.9. The third-order valence-corrected chi connectivity index (χ3v) is 4.06. The van der Waals surface area contributed by atoms with Crippen LogP contribution in [-0.2, 0) is 11.3 Å². The number of hydrogen-bond acceptors (Lipinski definition) is 2. The predicted octanol–water partition coefficient (Wildman–Crippen LogP) is 3.56. The lowest BCUT2D eigenvalue weighted by molar-refractivity contribution is -0.0164. The van der Waals surface area contributed by atoms with Crippen molar-refractivity contribution in [2.45, 2.75) is 45.3 Å². The van der Waals surface area contributed by atoms with Gasteiger partial charge in [0, 0.05) is 11.1 Å². The van der Waals surface area contributed by atoms with Crippen LogP contribution in [0.4, 0.5) is 4.39 Å². The molecule has 19 heavy (non-hydrogen) atoms. The lowest BCUT2D eigenvalue weighted by atomic mass is 9.88. The van der Waals surface area contributed by atoms with Crippen LogP contribution in [0.3, 0.4) is 0 Å². The molecule has 0 radical (unpaired) electrons. The van der Waals surface area contributed by atoms with Crippen molar-refractivity contribution in [1.29, 1.82) is 0 Å². The Morgan fingerprint density at radius 3 is 2.79 bits per heavy atom. The Hall–Kier alpha value is -1.00. The molecule has 1 aromatic rings. The summed E-state index contributed by atoms with van der Waals surface area (Å²) in [5, 5.41) is 0. The molecule has 1 aromatic carbocycles. The van der Waals surface area contributed by atoms with Gasteiger partial charge in [-0.05, 0) is 24.8 Å². The van der Waals surface area contributed by atoms with Crippen LogP contribution in [-0.4, -0.2) is 11.1 Å².